The van der Waals surface area contributed by atoms with E-state index in [1.165, 1.54) is 23.3 Å². The van der Waals surface area contributed by atoms with Crippen LogP contribution in [0.2, 0.25) is 0 Å². The molecule has 2 heterocycles. The Bertz CT molecular complexity index is 641. The fourth-order valence-electron chi connectivity index (χ4n) is 4.92. The van der Waals surface area contributed by atoms with E-state index in [9.17, 15) is 4.39 Å². The maximum Gasteiger partial charge on any atom is 0.124 e. The zero-order valence-corrected chi connectivity index (χ0v) is 12.5. The molecule has 22 heavy (non-hydrogen) atoms. The molecule has 1 aromatic rings. The number of hydrogen-bond donors (Lipinski definition) is 0. The Morgan fingerprint density at radius 2 is 1.91 bits per heavy atom. The molecule has 0 amide bonds. The molecule has 2 aliphatic carbocycles. The van der Waals surface area contributed by atoms with Gasteiger partial charge in [-0.05, 0) is 41.7 Å². The minimum Gasteiger partial charge on any atom is -0.374 e. The Hall–Kier alpha value is -1.23. The SMILES string of the molecule is CO[C@]1(C2=C(c3ccc(F)cc3)[C@@H]3CCO[C@H]23)[C@@H]2CCO[C@@H]21. The van der Waals surface area contributed by atoms with E-state index in [0.717, 1.165) is 31.6 Å². The normalized spacial score (nSPS) is 42.1. The first-order valence-corrected chi connectivity index (χ1v) is 8.06. The molecular weight excluding hydrogens is 283 g/mol. The van der Waals surface area contributed by atoms with Crippen LogP contribution < -0.4 is 0 Å². The van der Waals surface area contributed by atoms with Crippen LogP contribution >= 0.6 is 0 Å². The van der Waals surface area contributed by atoms with Gasteiger partial charge in [0, 0.05) is 32.2 Å². The summed E-state index contributed by atoms with van der Waals surface area (Å²) in [5.41, 5.74) is 3.37. The summed E-state index contributed by atoms with van der Waals surface area (Å²) in [4.78, 5) is 0. The summed E-state index contributed by atoms with van der Waals surface area (Å²) in [6.45, 7) is 1.62. The van der Waals surface area contributed by atoms with E-state index in [1.54, 1.807) is 7.11 Å². The van der Waals surface area contributed by atoms with Gasteiger partial charge < -0.3 is 14.2 Å². The van der Waals surface area contributed by atoms with Crippen LogP contribution in [0.5, 0.6) is 0 Å². The fourth-order valence-corrected chi connectivity index (χ4v) is 4.92. The molecular formula is C18H19FO3. The number of hydrogen-bond acceptors (Lipinski definition) is 3. The molecule has 2 saturated heterocycles. The molecule has 2 aliphatic heterocycles. The lowest BCUT2D eigenvalue weighted by molar-refractivity contribution is -0.00952. The van der Waals surface area contributed by atoms with Gasteiger partial charge in [0.15, 0.2) is 0 Å². The van der Waals surface area contributed by atoms with Gasteiger partial charge in [0.1, 0.15) is 11.4 Å². The quantitative estimate of drug-likeness (QED) is 0.859. The van der Waals surface area contributed by atoms with Crippen LogP contribution in [0, 0.1) is 17.7 Å². The summed E-state index contributed by atoms with van der Waals surface area (Å²) in [5, 5.41) is 0. The highest BCUT2D eigenvalue weighted by Gasteiger charge is 2.75. The molecule has 0 spiro atoms. The molecule has 0 bridgehead atoms. The van der Waals surface area contributed by atoms with Gasteiger partial charge in [0.25, 0.3) is 0 Å². The number of halogens is 1. The van der Waals surface area contributed by atoms with Gasteiger partial charge in [-0.2, -0.15) is 0 Å². The third-order valence-corrected chi connectivity index (χ3v) is 5.91. The van der Waals surface area contributed by atoms with Gasteiger partial charge in [-0.1, -0.05) is 12.1 Å². The van der Waals surface area contributed by atoms with E-state index in [0.29, 0.717) is 11.8 Å². The third kappa shape index (κ3) is 1.46. The maximum absolute atomic E-state index is 13.3. The smallest absolute Gasteiger partial charge is 0.124 e. The molecule has 116 valence electrons. The van der Waals surface area contributed by atoms with Crippen molar-refractivity contribution in [1.82, 2.24) is 0 Å². The van der Waals surface area contributed by atoms with E-state index < -0.39 is 0 Å². The van der Waals surface area contributed by atoms with E-state index >= 15 is 0 Å². The molecule has 3 fully saturated rings. The van der Waals surface area contributed by atoms with Crippen LogP contribution in [0.3, 0.4) is 0 Å². The van der Waals surface area contributed by atoms with Crippen molar-refractivity contribution >= 4 is 5.57 Å². The van der Waals surface area contributed by atoms with Crippen molar-refractivity contribution in [2.24, 2.45) is 11.8 Å². The lowest BCUT2D eigenvalue weighted by Crippen LogP contribution is -2.43. The van der Waals surface area contributed by atoms with Crippen molar-refractivity contribution in [3.8, 4) is 0 Å². The molecule has 1 saturated carbocycles. The Kier molecular flexibility index (Phi) is 2.65. The van der Waals surface area contributed by atoms with Gasteiger partial charge in [-0.15, -0.1) is 0 Å². The summed E-state index contributed by atoms with van der Waals surface area (Å²) < 4.78 is 31.1. The summed E-state index contributed by atoms with van der Waals surface area (Å²) in [5.74, 6) is 0.680. The summed E-state index contributed by atoms with van der Waals surface area (Å²) >= 11 is 0. The van der Waals surface area contributed by atoms with Gasteiger partial charge in [-0.25, -0.2) is 4.39 Å². The van der Waals surface area contributed by atoms with Gasteiger partial charge in [0.05, 0.1) is 12.2 Å². The van der Waals surface area contributed by atoms with Crippen molar-refractivity contribution < 1.29 is 18.6 Å². The van der Waals surface area contributed by atoms with Crippen molar-refractivity contribution in [3.63, 3.8) is 0 Å². The van der Waals surface area contributed by atoms with E-state index in [4.69, 9.17) is 14.2 Å². The van der Waals surface area contributed by atoms with Crippen LogP contribution in [0.4, 0.5) is 4.39 Å². The lowest BCUT2D eigenvalue weighted by Gasteiger charge is -2.42. The molecule has 4 aliphatic rings. The topological polar surface area (TPSA) is 27.7 Å². The summed E-state index contributed by atoms with van der Waals surface area (Å²) in [7, 11) is 1.78. The van der Waals surface area contributed by atoms with E-state index in [1.807, 2.05) is 12.1 Å². The fraction of sp³-hybridized carbons (Fsp3) is 0.556. The average molecular weight is 302 g/mol. The second kappa shape index (κ2) is 4.40. The molecule has 4 heteroatoms. The molecule has 0 radical (unpaired) electrons. The summed E-state index contributed by atoms with van der Waals surface area (Å²) in [6, 6.07) is 6.82. The maximum atomic E-state index is 13.3. The number of ether oxygens (including phenoxy) is 3. The highest BCUT2D eigenvalue weighted by molar-refractivity contribution is 5.82. The molecule has 0 unspecified atom stereocenters. The Labute approximate surface area is 129 Å². The number of fused-ring (bicyclic) bond motifs is 2. The van der Waals surface area contributed by atoms with Crippen LogP contribution in [0.1, 0.15) is 18.4 Å². The highest BCUT2D eigenvalue weighted by atomic mass is 19.1. The first kappa shape index (κ1) is 13.2. The molecule has 1 aromatic carbocycles. The minimum absolute atomic E-state index is 0.161. The number of benzene rings is 1. The largest absolute Gasteiger partial charge is 0.374 e. The molecule has 5 rings (SSSR count). The van der Waals surface area contributed by atoms with Crippen LogP contribution in [0.15, 0.2) is 29.8 Å². The van der Waals surface area contributed by atoms with Gasteiger partial charge >= 0.3 is 0 Å². The standard InChI is InChI=1S/C18H19FO3/c1-20-18(13-7-9-22-17(13)18)15-14(12-6-8-21-16(12)15)10-2-4-11(19)5-3-10/h2-5,12-13,16-17H,6-9H2,1H3/t12-,13+,16-,17-,18-/m0/s1. The van der Waals surface area contributed by atoms with E-state index in [2.05, 4.69) is 0 Å². The second-order valence-corrected chi connectivity index (χ2v) is 6.70. The first-order chi connectivity index (χ1) is 10.8. The predicted molar refractivity (Wildman–Crippen MR) is 78.8 cm³/mol. The van der Waals surface area contributed by atoms with Crippen molar-refractivity contribution in [2.45, 2.75) is 30.7 Å². The summed E-state index contributed by atoms with van der Waals surface area (Å²) in [6.07, 6.45) is 2.43. The number of methoxy groups -OCH3 is 1. The zero-order valence-electron chi connectivity index (χ0n) is 12.5. The molecule has 5 atom stereocenters. The van der Waals surface area contributed by atoms with E-state index in [-0.39, 0.29) is 23.6 Å². The predicted octanol–water partition coefficient (Wildman–Crippen LogP) is 2.80. The van der Waals surface area contributed by atoms with Crippen molar-refractivity contribution in [2.75, 3.05) is 20.3 Å². The molecule has 0 aromatic heterocycles. The average Bonchev–Trinajstić information content (AvgIpc) is 2.91. The Morgan fingerprint density at radius 3 is 2.59 bits per heavy atom. The highest BCUT2D eigenvalue weighted by Crippen LogP contribution is 2.66. The second-order valence-electron chi connectivity index (χ2n) is 6.70. The molecule has 3 nitrogen and oxygen atoms in total. The van der Waals surface area contributed by atoms with Crippen LogP contribution in [-0.4, -0.2) is 38.1 Å². The lowest BCUT2D eigenvalue weighted by atomic mass is 9.68. The Balaban J connectivity index is 1.62. The number of rotatable bonds is 3. The van der Waals surface area contributed by atoms with Gasteiger partial charge in [-0.3, -0.25) is 0 Å². The van der Waals surface area contributed by atoms with Crippen molar-refractivity contribution in [1.29, 1.82) is 0 Å². The Morgan fingerprint density at radius 1 is 1.14 bits per heavy atom. The van der Waals surface area contributed by atoms with Crippen molar-refractivity contribution in [3.05, 3.63) is 41.2 Å². The monoisotopic (exact) mass is 302 g/mol. The zero-order chi connectivity index (χ0) is 14.9. The van der Waals surface area contributed by atoms with Crippen LogP contribution in [-0.2, 0) is 14.2 Å². The van der Waals surface area contributed by atoms with Crippen LogP contribution in [0.25, 0.3) is 5.57 Å². The minimum atomic E-state index is -0.298. The van der Waals surface area contributed by atoms with Gasteiger partial charge in [0.2, 0.25) is 0 Å². The molecule has 0 N–H and O–H groups in total. The first-order valence-electron chi connectivity index (χ1n) is 8.06. The third-order valence-electron chi connectivity index (χ3n) is 5.91.